The van der Waals surface area contributed by atoms with Crippen LogP contribution in [0.25, 0.3) is 16.3 Å². The van der Waals surface area contributed by atoms with E-state index in [1.165, 1.54) is 24.5 Å². The van der Waals surface area contributed by atoms with Gasteiger partial charge >= 0.3 is 5.97 Å². The molecule has 1 unspecified atom stereocenters. The van der Waals surface area contributed by atoms with Gasteiger partial charge in [0.25, 0.3) is 0 Å². The molecule has 1 aliphatic heterocycles. The monoisotopic (exact) mass is 333 g/mol. The van der Waals surface area contributed by atoms with E-state index in [0.29, 0.717) is 5.70 Å². The molecule has 8 heteroatoms. The van der Waals surface area contributed by atoms with Crippen LogP contribution in [0.2, 0.25) is 0 Å². The molecule has 2 aromatic rings. The maximum absolute atomic E-state index is 11.7. The number of rotatable bonds is 3. The lowest BCUT2D eigenvalue weighted by Crippen LogP contribution is -2.25. The molecular weight excluding hydrogens is 322 g/mol. The largest absolute Gasteiger partial charge is 0.464 e. The number of ether oxygens (including phenoxy) is 1. The quantitative estimate of drug-likeness (QED) is 0.871. The first kappa shape index (κ1) is 14.6. The molecule has 0 fully saturated rings. The number of nitrogens with zero attached hydrogens (tertiary/aromatic N) is 2. The zero-order valence-corrected chi connectivity index (χ0v) is 13.1. The standard InChI is InChI=1S/C14H11N3O3S2/c1-20-14(18)11-7-10(16-22(19)17-11)12-8-15-13(21-12)9-5-3-2-4-6-9/h2-8,16H,1H3. The molecule has 1 aromatic carbocycles. The Labute approximate surface area is 133 Å². The van der Waals surface area contributed by atoms with Gasteiger partial charge in [0, 0.05) is 11.8 Å². The van der Waals surface area contributed by atoms with Crippen LogP contribution in [0, 0.1) is 0 Å². The Bertz CT molecular complexity index is 797. The second-order valence-electron chi connectivity index (χ2n) is 4.27. The number of carbonyl (C=O) groups excluding carboxylic acids is 1. The Hall–Kier alpha value is -2.32. The van der Waals surface area contributed by atoms with Crippen LogP contribution in [0.4, 0.5) is 0 Å². The molecule has 0 saturated carbocycles. The van der Waals surface area contributed by atoms with Gasteiger partial charge in [0.15, 0.2) is 5.71 Å². The van der Waals surface area contributed by atoms with Crippen molar-refractivity contribution in [3.8, 4) is 10.6 Å². The maximum atomic E-state index is 11.7. The summed E-state index contributed by atoms with van der Waals surface area (Å²) < 4.78 is 22.7. The molecule has 0 bridgehead atoms. The van der Waals surface area contributed by atoms with E-state index in [-0.39, 0.29) is 5.71 Å². The van der Waals surface area contributed by atoms with Crippen LogP contribution < -0.4 is 4.72 Å². The van der Waals surface area contributed by atoms with Gasteiger partial charge in [0.2, 0.25) is 11.2 Å². The van der Waals surface area contributed by atoms with E-state index in [2.05, 4.69) is 18.8 Å². The zero-order chi connectivity index (χ0) is 15.5. The number of methoxy groups -OCH3 is 1. The van der Waals surface area contributed by atoms with Crippen molar-refractivity contribution in [1.29, 1.82) is 0 Å². The minimum Gasteiger partial charge on any atom is -0.464 e. The van der Waals surface area contributed by atoms with E-state index in [4.69, 9.17) is 0 Å². The van der Waals surface area contributed by atoms with Crippen LogP contribution in [0.15, 0.2) is 47.0 Å². The molecule has 6 nitrogen and oxygen atoms in total. The Morgan fingerprint density at radius 1 is 1.32 bits per heavy atom. The predicted octanol–water partition coefficient (Wildman–Crippen LogP) is 1.95. The highest BCUT2D eigenvalue weighted by molar-refractivity contribution is 7.82. The molecule has 3 rings (SSSR count). The van der Waals surface area contributed by atoms with E-state index in [0.717, 1.165) is 15.4 Å². The molecular formula is C14H11N3O3S2. The van der Waals surface area contributed by atoms with E-state index in [1.54, 1.807) is 6.20 Å². The van der Waals surface area contributed by atoms with Crippen molar-refractivity contribution < 1.29 is 13.7 Å². The zero-order valence-electron chi connectivity index (χ0n) is 11.5. The molecule has 2 heterocycles. The summed E-state index contributed by atoms with van der Waals surface area (Å²) in [7, 11) is 1.25. The highest BCUT2D eigenvalue weighted by Gasteiger charge is 2.20. The average Bonchev–Trinajstić information content (AvgIpc) is 3.04. The number of hydrogen-bond acceptors (Lipinski definition) is 5. The molecule has 22 heavy (non-hydrogen) atoms. The molecule has 0 radical (unpaired) electrons. The smallest absolute Gasteiger partial charge is 0.357 e. The Balaban J connectivity index is 1.93. The first-order valence-electron chi connectivity index (χ1n) is 6.26. The second-order valence-corrected chi connectivity index (χ2v) is 6.19. The van der Waals surface area contributed by atoms with Gasteiger partial charge in [-0.2, -0.15) is 4.40 Å². The van der Waals surface area contributed by atoms with Crippen LogP contribution in [-0.4, -0.2) is 28.0 Å². The lowest BCUT2D eigenvalue weighted by Gasteiger charge is -2.11. The summed E-state index contributed by atoms with van der Waals surface area (Å²) >= 11 is -0.278. The highest BCUT2D eigenvalue weighted by Crippen LogP contribution is 2.29. The van der Waals surface area contributed by atoms with Crippen molar-refractivity contribution in [2.75, 3.05) is 7.11 Å². The van der Waals surface area contributed by atoms with Gasteiger partial charge in [0.05, 0.1) is 17.7 Å². The minimum absolute atomic E-state index is 0.0178. The number of benzene rings is 1. The summed E-state index contributed by atoms with van der Waals surface area (Å²) in [5, 5.41) is 0.839. The molecule has 1 N–H and O–H groups in total. The molecule has 1 atom stereocenters. The number of esters is 1. The Kier molecular flexibility index (Phi) is 4.12. The summed E-state index contributed by atoms with van der Waals surface area (Å²) in [6, 6.07) is 9.73. The van der Waals surface area contributed by atoms with E-state index in [9.17, 15) is 9.00 Å². The van der Waals surface area contributed by atoms with Gasteiger partial charge in [-0.15, -0.1) is 11.3 Å². The SMILES string of the molecule is COC(=O)C1=NS(=O)NC(c2cnc(-c3ccccc3)s2)=C1. The molecule has 0 amide bonds. The van der Waals surface area contributed by atoms with Crippen LogP contribution in [-0.2, 0) is 20.7 Å². The fourth-order valence-corrected chi connectivity index (χ4v) is 3.50. The van der Waals surface area contributed by atoms with Crippen molar-refractivity contribution in [1.82, 2.24) is 9.71 Å². The van der Waals surface area contributed by atoms with E-state index >= 15 is 0 Å². The van der Waals surface area contributed by atoms with Crippen LogP contribution >= 0.6 is 11.3 Å². The number of nitrogens with one attached hydrogen (secondary N) is 1. The van der Waals surface area contributed by atoms with Gasteiger partial charge in [-0.25, -0.2) is 14.0 Å². The summed E-state index contributed by atoms with van der Waals surface area (Å²) in [5.74, 6) is -0.625. The topological polar surface area (TPSA) is 80.6 Å². The summed E-state index contributed by atoms with van der Waals surface area (Å²) in [4.78, 5) is 16.7. The average molecular weight is 333 g/mol. The number of aromatic nitrogens is 1. The third-order valence-electron chi connectivity index (χ3n) is 2.85. The Morgan fingerprint density at radius 2 is 2.09 bits per heavy atom. The van der Waals surface area contributed by atoms with Crippen molar-refractivity contribution >= 4 is 39.9 Å². The fraction of sp³-hybridized carbons (Fsp3) is 0.0714. The number of carbonyl (C=O) groups is 1. The minimum atomic E-state index is -1.71. The molecule has 1 aromatic heterocycles. The van der Waals surface area contributed by atoms with Crippen molar-refractivity contribution in [2.45, 2.75) is 0 Å². The third-order valence-corrected chi connectivity index (χ3v) is 4.68. The van der Waals surface area contributed by atoms with Gasteiger partial charge in [-0.3, -0.25) is 4.72 Å². The van der Waals surface area contributed by atoms with Gasteiger partial charge < -0.3 is 4.74 Å². The first-order valence-corrected chi connectivity index (χ1v) is 8.18. The fourth-order valence-electron chi connectivity index (χ4n) is 1.83. The van der Waals surface area contributed by atoms with Crippen molar-refractivity contribution in [2.24, 2.45) is 4.40 Å². The van der Waals surface area contributed by atoms with Crippen LogP contribution in [0.1, 0.15) is 4.88 Å². The lowest BCUT2D eigenvalue weighted by molar-refractivity contribution is -0.132. The predicted molar refractivity (Wildman–Crippen MR) is 86.3 cm³/mol. The summed E-state index contributed by atoms with van der Waals surface area (Å²) in [6.07, 6.45) is 3.18. The van der Waals surface area contributed by atoms with Gasteiger partial charge in [-0.05, 0) is 6.08 Å². The third kappa shape index (κ3) is 2.97. The summed E-state index contributed by atoms with van der Waals surface area (Å²) in [6.45, 7) is 0. The molecule has 1 aliphatic rings. The Morgan fingerprint density at radius 3 is 2.82 bits per heavy atom. The van der Waals surface area contributed by atoms with Gasteiger partial charge in [0.1, 0.15) is 5.01 Å². The second kappa shape index (κ2) is 6.20. The number of thiazole rings is 1. The first-order chi connectivity index (χ1) is 10.7. The van der Waals surface area contributed by atoms with E-state index < -0.39 is 17.1 Å². The molecule has 0 saturated heterocycles. The highest BCUT2D eigenvalue weighted by atomic mass is 32.2. The molecule has 0 aliphatic carbocycles. The van der Waals surface area contributed by atoms with E-state index in [1.807, 2.05) is 30.3 Å². The maximum Gasteiger partial charge on any atom is 0.357 e. The summed E-state index contributed by atoms with van der Waals surface area (Å²) in [5.41, 5.74) is 1.55. The van der Waals surface area contributed by atoms with Crippen molar-refractivity contribution in [3.63, 3.8) is 0 Å². The normalized spacial score (nSPS) is 17.2. The lowest BCUT2D eigenvalue weighted by atomic mass is 10.2. The molecule has 112 valence electrons. The molecule has 0 spiro atoms. The van der Waals surface area contributed by atoms with Crippen LogP contribution in [0.3, 0.4) is 0 Å². The van der Waals surface area contributed by atoms with Gasteiger partial charge in [-0.1, -0.05) is 30.3 Å². The number of hydrogen-bond donors (Lipinski definition) is 1. The van der Waals surface area contributed by atoms with Crippen LogP contribution in [0.5, 0.6) is 0 Å². The van der Waals surface area contributed by atoms with Crippen molar-refractivity contribution in [3.05, 3.63) is 47.5 Å².